The molecule has 2 aromatic rings. The highest BCUT2D eigenvalue weighted by atomic mass is 31.2. The lowest BCUT2D eigenvalue weighted by molar-refractivity contribution is -0.697. The number of hydrogen-bond acceptors (Lipinski definition) is 4. The predicted octanol–water partition coefficient (Wildman–Crippen LogP) is 2.89. The maximum atomic E-state index is 9.31. The van der Waals surface area contributed by atoms with E-state index in [9.17, 15) is 4.89 Å². The second-order valence-electron chi connectivity index (χ2n) is 6.07. The average Bonchev–Trinajstić information content (AvgIpc) is 2.62. The molecule has 2 heterocycles. The van der Waals surface area contributed by atoms with Crippen LogP contribution in [0.5, 0.6) is 0 Å². The zero-order chi connectivity index (χ0) is 18.1. The molecule has 2 aromatic heterocycles. The maximum Gasteiger partial charge on any atom is 0.169 e. The van der Waals surface area contributed by atoms with E-state index in [0.29, 0.717) is 6.16 Å². The van der Waals surface area contributed by atoms with E-state index < -0.39 is 8.30 Å². The Labute approximate surface area is 150 Å². The molecule has 136 valence electrons. The van der Waals surface area contributed by atoms with Gasteiger partial charge < -0.3 is 4.89 Å². The van der Waals surface area contributed by atoms with Crippen molar-refractivity contribution in [3.05, 3.63) is 49.1 Å². The summed E-state index contributed by atoms with van der Waals surface area (Å²) in [5.74, 6) is 0. The second-order valence-corrected chi connectivity index (χ2v) is 7.62. The summed E-state index contributed by atoms with van der Waals surface area (Å²) in [4.78, 5) is 9.24. The highest BCUT2D eigenvalue weighted by molar-refractivity contribution is 7.48. The van der Waals surface area contributed by atoms with Gasteiger partial charge in [-0.2, -0.15) is 0 Å². The van der Waals surface area contributed by atoms with Gasteiger partial charge in [0.25, 0.3) is 0 Å². The lowest BCUT2D eigenvalue weighted by Crippen LogP contribution is -2.32. The molecular formula is C18H28N3O3P+2. The quantitative estimate of drug-likeness (QED) is 0.262. The Balaban J connectivity index is 1.77. The molecule has 2 rings (SSSR count). The molecule has 1 atom stereocenters. The van der Waals surface area contributed by atoms with E-state index in [0.717, 1.165) is 38.8 Å². The van der Waals surface area contributed by atoms with E-state index in [4.69, 9.17) is 10.4 Å². The highest BCUT2D eigenvalue weighted by Gasteiger charge is 2.10. The Kier molecular flexibility index (Phi) is 8.38. The van der Waals surface area contributed by atoms with Gasteiger partial charge in [-0.1, -0.05) is 6.92 Å². The van der Waals surface area contributed by atoms with Crippen molar-refractivity contribution in [1.82, 2.24) is 5.00 Å². The largest absolute Gasteiger partial charge is 0.356 e. The number of unbranched alkanes of at least 4 members (excludes halogenated alkanes) is 2. The summed E-state index contributed by atoms with van der Waals surface area (Å²) in [6.45, 7) is 4.13. The van der Waals surface area contributed by atoms with Crippen LogP contribution in [0.1, 0.15) is 32.6 Å². The molecule has 0 aliphatic carbocycles. The monoisotopic (exact) mass is 365 g/mol. The molecule has 7 heteroatoms. The van der Waals surface area contributed by atoms with Crippen molar-refractivity contribution in [2.75, 3.05) is 6.16 Å². The second kappa shape index (κ2) is 10.5. The minimum Gasteiger partial charge on any atom is -0.356 e. The molecule has 3 N–H and O–H groups in total. The molecule has 0 aliphatic heterocycles. The van der Waals surface area contributed by atoms with Gasteiger partial charge in [-0.3, -0.25) is 10.4 Å². The molecule has 0 bridgehead atoms. The molecule has 0 amide bonds. The number of rotatable bonds is 10. The third-order valence-corrected chi connectivity index (χ3v) is 5.21. The molecule has 6 nitrogen and oxygen atoms in total. The zero-order valence-corrected chi connectivity index (χ0v) is 15.6. The van der Waals surface area contributed by atoms with Crippen LogP contribution in [0.15, 0.2) is 49.1 Å². The fraction of sp³-hybridized carbons (Fsp3) is 0.444. The Bertz CT molecular complexity index is 620. The van der Waals surface area contributed by atoms with Crippen LogP contribution in [-0.2, 0) is 13.1 Å². The van der Waals surface area contributed by atoms with Crippen molar-refractivity contribution < 1.29 is 24.4 Å². The summed E-state index contributed by atoms with van der Waals surface area (Å²) >= 11 is 0. The van der Waals surface area contributed by atoms with Crippen LogP contribution in [0.25, 0.3) is 11.1 Å². The van der Waals surface area contributed by atoms with E-state index in [-0.39, 0.29) is 5.00 Å². The fourth-order valence-corrected chi connectivity index (χ4v) is 3.36. The van der Waals surface area contributed by atoms with E-state index in [2.05, 4.69) is 65.1 Å². The molecule has 0 aromatic carbocycles. The smallest absolute Gasteiger partial charge is 0.169 e. The third-order valence-electron chi connectivity index (χ3n) is 4.08. The lowest BCUT2D eigenvalue weighted by atomic mass is 10.1. The van der Waals surface area contributed by atoms with Gasteiger partial charge in [0.2, 0.25) is 0 Å². The Morgan fingerprint density at radius 2 is 1.36 bits per heavy atom. The standard InChI is InChI=1S/C18H28N3O3P/c1-2-10-19-12-6-17(7-13-19)18-8-14-20(15-9-18)11-4-3-5-16-25(24)21(22)23/h6-9,12-15,22-24H,2-5,10-11,16H2,1H3/q+2. The predicted molar refractivity (Wildman–Crippen MR) is 95.8 cm³/mol. The summed E-state index contributed by atoms with van der Waals surface area (Å²) in [6.07, 6.45) is 12.7. The first-order valence-corrected chi connectivity index (χ1v) is 10.2. The van der Waals surface area contributed by atoms with Crippen LogP contribution in [0.4, 0.5) is 0 Å². The van der Waals surface area contributed by atoms with Crippen molar-refractivity contribution in [2.45, 2.75) is 45.7 Å². The molecule has 25 heavy (non-hydrogen) atoms. The number of pyridine rings is 2. The van der Waals surface area contributed by atoms with Crippen LogP contribution in [0, 0.1) is 0 Å². The SMILES string of the molecule is CCC[n+]1ccc(-c2cc[n+](CCCCCP(O)N(O)O)cc2)cc1. The molecule has 0 saturated heterocycles. The van der Waals surface area contributed by atoms with E-state index in [1.165, 1.54) is 11.1 Å². The molecule has 0 aliphatic rings. The third kappa shape index (κ3) is 6.77. The molecule has 0 radical (unpaired) electrons. The van der Waals surface area contributed by atoms with Crippen molar-refractivity contribution in [1.29, 1.82) is 0 Å². The van der Waals surface area contributed by atoms with Crippen molar-refractivity contribution >= 4 is 8.30 Å². The van der Waals surface area contributed by atoms with Gasteiger partial charge in [0.15, 0.2) is 33.1 Å². The first-order chi connectivity index (χ1) is 12.1. The summed E-state index contributed by atoms with van der Waals surface area (Å²) < 4.78 is 4.34. The van der Waals surface area contributed by atoms with Gasteiger partial charge in [-0.05, 0) is 29.0 Å². The molecule has 0 spiro atoms. The Morgan fingerprint density at radius 1 is 0.840 bits per heavy atom. The van der Waals surface area contributed by atoms with Gasteiger partial charge in [0, 0.05) is 43.3 Å². The first-order valence-electron chi connectivity index (χ1n) is 8.73. The number of aryl methyl sites for hydroxylation is 2. The van der Waals surface area contributed by atoms with Gasteiger partial charge in [-0.25, -0.2) is 9.13 Å². The topological polar surface area (TPSA) is 71.7 Å². The van der Waals surface area contributed by atoms with E-state index in [1.54, 1.807) is 0 Å². The van der Waals surface area contributed by atoms with Crippen LogP contribution < -0.4 is 9.13 Å². The molecular weight excluding hydrogens is 337 g/mol. The summed E-state index contributed by atoms with van der Waals surface area (Å²) in [6, 6.07) is 8.55. The summed E-state index contributed by atoms with van der Waals surface area (Å²) in [7, 11) is -1.81. The molecule has 0 saturated carbocycles. The average molecular weight is 365 g/mol. The van der Waals surface area contributed by atoms with Crippen LogP contribution >= 0.6 is 8.30 Å². The number of aromatic nitrogens is 2. The zero-order valence-electron chi connectivity index (χ0n) is 14.7. The number of nitrogens with zero attached hydrogens (tertiary/aromatic N) is 3. The van der Waals surface area contributed by atoms with Crippen molar-refractivity contribution in [3.8, 4) is 11.1 Å². The minimum atomic E-state index is -1.81. The molecule has 1 unspecified atom stereocenters. The van der Waals surface area contributed by atoms with Crippen molar-refractivity contribution in [2.24, 2.45) is 0 Å². The first kappa shape index (κ1) is 19.9. The fourth-order valence-electron chi connectivity index (χ4n) is 2.67. The van der Waals surface area contributed by atoms with Crippen molar-refractivity contribution in [3.63, 3.8) is 0 Å². The normalized spacial score (nSPS) is 12.5. The molecule has 0 fully saturated rings. The van der Waals surface area contributed by atoms with Crippen LogP contribution in [-0.4, -0.2) is 26.5 Å². The van der Waals surface area contributed by atoms with E-state index in [1.807, 2.05) is 0 Å². The van der Waals surface area contributed by atoms with E-state index >= 15 is 0 Å². The number of hydrogen-bond donors (Lipinski definition) is 3. The maximum absolute atomic E-state index is 9.31. The summed E-state index contributed by atoms with van der Waals surface area (Å²) in [5.41, 5.74) is 2.42. The lowest BCUT2D eigenvalue weighted by Gasteiger charge is -2.12. The van der Waals surface area contributed by atoms with Crippen LogP contribution in [0.2, 0.25) is 0 Å². The minimum absolute atomic E-state index is 0.0733. The van der Waals surface area contributed by atoms with Gasteiger partial charge in [-0.15, -0.1) is 0 Å². The Morgan fingerprint density at radius 3 is 1.84 bits per heavy atom. The highest BCUT2D eigenvalue weighted by Crippen LogP contribution is 2.32. The van der Waals surface area contributed by atoms with Gasteiger partial charge in [0.1, 0.15) is 13.1 Å². The van der Waals surface area contributed by atoms with Crippen LogP contribution in [0.3, 0.4) is 0 Å². The van der Waals surface area contributed by atoms with Gasteiger partial charge in [0.05, 0.1) is 0 Å². The van der Waals surface area contributed by atoms with Gasteiger partial charge >= 0.3 is 0 Å². The summed E-state index contributed by atoms with van der Waals surface area (Å²) in [5, 5.41) is 17.4. The Hall–Kier alpha value is -1.43.